The van der Waals surface area contributed by atoms with Crippen LogP contribution in [0.5, 0.6) is 0 Å². The fraction of sp³-hybridized carbons (Fsp3) is 0.333. The summed E-state index contributed by atoms with van der Waals surface area (Å²) >= 11 is 0. The van der Waals surface area contributed by atoms with Crippen molar-refractivity contribution < 1.29 is 22.9 Å². The Morgan fingerprint density at radius 3 is 2.49 bits per heavy atom. The van der Waals surface area contributed by atoms with Crippen molar-refractivity contribution in [2.45, 2.75) is 24.7 Å². The van der Waals surface area contributed by atoms with Gasteiger partial charge >= 0.3 is 11.7 Å². The summed E-state index contributed by atoms with van der Waals surface area (Å²) in [6.07, 6.45) is 0.931. The first kappa shape index (κ1) is 24.4. The number of pyridine rings is 1. The molecule has 0 aliphatic carbocycles. The maximum Gasteiger partial charge on any atom is 0.311 e. The highest BCUT2D eigenvalue weighted by atomic mass is 32.2. The Bertz CT molecular complexity index is 1370. The van der Waals surface area contributed by atoms with Gasteiger partial charge in [-0.2, -0.15) is 0 Å². The molecule has 35 heavy (non-hydrogen) atoms. The number of fused-ring (bicyclic) bond motifs is 1. The van der Waals surface area contributed by atoms with Gasteiger partial charge in [-0.15, -0.1) is 0 Å². The van der Waals surface area contributed by atoms with E-state index in [2.05, 4.69) is 4.98 Å². The molecule has 1 saturated heterocycles. The van der Waals surface area contributed by atoms with E-state index in [-0.39, 0.29) is 34.1 Å². The van der Waals surface area contributed by atoms with E-state index in [1.807, 2.05) is 24.3 Å². The zero-order valence-corrected chi connectivity index (χ0v) is 20.3. The largest absolute Gasteiger partial charge is 0.466 e. The number of hydrogen-bond acceptors (Lipinski definition) is 8. The van der Waals surface area contributed by atoms with Crippen LogP contribution in [0.15, 0.2) is 59.5 Å². The molecule has 1 fully saturated rings. The van der Waals surface area contributed by atoms with E-state index in [9.17, 15) is 23.3 Å². The van der Waals surface area contributed by atoms with Crippen molar-refractivity contribution in [1.29, 1.82) is 0 Å². The van der Waals surface area contributed by atoms with Gasteiger partial charge in [-0.1, -0.05) is 30.3 Å². The van der Waals surface area contributed by atoms with Crippen LogP contribution in [0.1, 0.15) is 19.8 Å². The molecule has 0 atom stereocenters. The summed E-state index contributed by atoms with van der Waals surface area (Å²) in [5, 5.41) is 13.4. The van der Waals surface area contributed by atoms with Gasteiger partial charge in [-0.3, -0.25) is 19.2 Å². The smallest absolute Gasteiger partial charge is 0.311 e. The molecule has 10 nitrogen and oxygen atoms in total. The number of carbonyl (C=O) groups excluding carboxylic acids is 1. The number of benzene rings is 2. The van der Waals surface area contributed by atoms with E-state index in [1.165, 1.54) is 25.2 Å². The molecule has 1 aliphatic heterocycles. The number of rotatable bonds is 7. The van der Waals surface area contributed by atoms with Crippen LogP contribution in [0.4, 0.5) is 17.3 Å². The summed E-state index contributed by atoms with van der Waals surface area (Å²) in [7, 11) is -2.60. The SMILES string of the molecule is CCOC(=O)C1CCN(c2nc(N(C)S(=O)(=O)c3ccc4ccccc4c3)ccc2[N+](=O)[O-])CC1. The molecule has 11 heteroatoms. The molecular weight excluding hydrogens is 472 g/mol. The van der Waals surface area contributed by atoms with Crippen molar-refractivity contribution >= 4 is 44.1 Å². The second kappa shape index (κ2) is 9.87. The highest BCUT2D eigenvalue weighted by molar-refractivity contribution is 7.92. The molecule has 0 spiro atoms. The number of aromatic nitrogens is 1. The third-order valence-corrected chi connectivity index (χ3v) is 7.91. The number of piperidine rings is 1. The molecule has 0 saturated carbocycles. The van der Waals surface area contributed by atoms with Gasteiger partial charge in [-0.05, 0) is 48.7 Å². The van der Waals surface area contributed by atoms with Crippen molar-refractivity contribution in [2.75, 3.05) is 35.9 Å². The second-order valence-electron chi connectivity index (χ2n) is 8.26. The molecule has 1 aromatic heterocycles. The number of esters is 1. The molecule has 2 aromatic carbocycles. The van der Waals surface area contributed by atoms with Crippen molar-refractivity contribution in [3.8, 4) is 0 Å². The Morgan fingerprint density at radius 1 is 1.14 bits per heavy atom. The van der Waals surface area contributed by atoms with E-state index >= 15 is 0 Å². The molecule has 184 valence electrons. The summed E-state index contributed by atoms with van der Waals surface area (Å²) in [6, 6.07) is 14.9. The Kier molecular flexibility index (Phi) is 6.88. The summed E-state index contributed by atoms with van der Waals surface area (Å²) in [5.74, 6) is -0.407. The average molecular weight is 499 g/mol. The van der Waals surface area contributed by atoms with Crippen LogP contribution in [0.2, 0.25) is 0 Å². The van der Waals surface area contributed by atoms with E-state index < -0.39 is 14.9 Å². The highest BCUT2D eigenvalue weighted by Crippen LogP contribution is 2.33. The van der Waals surface area contributed by atoms with Crippen molar-refractivity contribution in [3.05, 3.63) is 64.7 Å². The lowest BCUT2D eigenvalue weighted by Gasteiger charge is -2.31. The van der Waals surface area contributed by atoms with Gasteiger partial charge in [0, 0.05) is 26.2 Å². The van der Waals surface area contributed by atoms with Crippen molar-refractivity contribution in [2.24, 2.45) is 5.92 Å². The third-order valence-electron chi connectivity index (χ3n) is 6.15. The maximum absolute atomic E-state index is 13.3. The van der Waals surface area contributed by atoms with Gasteiger partial charge in [0.1, 0.15) is 5.82 Å². The van der Waals surface area contributed by atoms with Crippen molar-refractivity contribution in [1.82, 2.24) is 4.98 Å². The average Bonchev–Trinajstić information content (AvgIpc) is 2.87. The van der Waals surface area contributed by atoms with E-state index in [4.69, 9.17) is 4.74 Å². The number of anilines is 2. The van der Waals surface area contributed by atoms with Crippen LogP contribution in [0.3, 0.4) is 0 Å². The molecule has 0 amide bonds. The van der Waals surface area contributed by atoms with E-state index in [0.717, 1.165) is 15.1 Å². The van der Waals surface area contributed by atoms with Crippen LogP contribution in [-0.4, -0.2) is 51.0 Å². The number of hydrogen-bond donors (Lipinski definition) is 0. The third kappa shape index (κ3) is 4.90. The fourth-order valence-electron chi connectivity index (χ4n) is 4.18. The maximum atomic E-state index is 13.3. The predicted octanol–water partition coefficient (Wildman–Crippen LogP) is 3.75. The van der Waals surface area contributed by atoms with Crippen molar-refractivity contribution in [3.63, 3.8) is 0 Å². The molecule has 3 aromatic rings. The Morgan fingerprint density at radius 2 is 1.83 bits per heavy atom. The lowest BCUT2D eigenvalue weighted by Crippen LogP contribution is -2.38. The number of ether oxygens (including phenoxy) is 1. The van der Waals surface area contributed by atoms with Gasteiger partial charge in [0.05, 0.1) is 22.3 Å². The number of carbonyl (C=O) groups is 1. The molecule has 0 N–H and O–H groups in total. The first-order valence-electron chi connectivity index (χ1n) is 11.3. The summed E-state index contributed by atoms with van der Waals surface area (Å²) in [4.78, 5) is 29.4. The molecule has 2 heterocycles. The minimum atomic E-state index is -3.97. The number of nitrogens with zero attached hydrogens (tertiary/aromatic N) is 4. The zero-order chi connectivity index (χ0) is 25.2. The first-order valence-corrected chi connectivity index (χ1v) is 12.7. The molecule has 0 bridgehead atoms. The topological polar surface area (TPSA) is 123 Å². The van der Waals surface area contributed by atoms with Gasteiger partial charge in [0.15, 0.2) is 0 Å². The summed E-state index contributed by atoms with van der Waals surface area (Å²) < 4.78 is 32.8. The molecule has 4 rings (SSSR count). The normalized spacial score (nSPS) is 14.6. The predicted molar refractivity (Wildman–Crippen MR) is 132 cm³/mol. The molecular formula is C24H26N4O6S. The van der Waals surface area contributed by atoms with Gasteiger partial charge < -0.3 is 9.64 Å². The zero-order valence-electron chi connectivity index (χ0n) is 19.5. The van der Waals surface area contributed by atoms with Crippen LogP contribution < -0.4 is 9.21 Å². The number of nitro groups is 1. The minimum absolute atomic E-state index is 0.0614. The van der Waals surface area contributed by atoms with Gasteiger partial charge in [-0.25, -0.2) is 13.4 Å². The summed E-state index contributed by atoms with van der Waals surface area (Å²) in [5.41, 5.74) is -0.222. The Hall–Kier alpha value is -3.73. The molecule has 0 radical (unpaired) electrons. The number of sulfonamides is 1. The lowest BCUT2D eigenvalue weighted by molar-refractivity contribution is -0.384. The van der Waals surface area contributed by atoms with Gasteiger partial charge in [0.2, 0.25) is 5.82 Å². The monoisotopic (exact) mass is 498 g/mol. The van der Waals surface area contributed by atoms with Crippen LogP contribution in [0, 0.1) is 16.0 Å². The van der Waals surface area contributed by atoms with Gasteiger partial charge in [0.25, 0.3) is 10.0 Å². The van der Waals surface area contributed by atoms with E-state index in [0.29, 0.717) is 32.5 Å². The lowest BCUT2D eigenvalue weighted by atomic mass is 9.97. The highest BCUT2D eigenvalue weighted by Gasteiger charge is 2.31. The molecule has 0 unspecified atom stereocenters. The van der Waals surface area contributed by atoms with Crippen LogP contribution in [-0.2, 0) is 19.6 Å². The minimum Gasteiger partial charge on any atom is -0.466 e. The van der Waals surface area contributed by atoms with Crippen LogP contribution >= 0.6 is 0 Å². The van der Waals surface area contributed by atoms with E-state index in [1.54, 1.807) is 24.0 Å². The quantitative estimate of drug-likeness (QED) is 0.274. The standard InChI is InChI=1S/C24H26N4O6S/c1-3-34-24(29)18-12-14-27(15-13-18)23-21(28(30)31)10-11-22(25-23)26(2)35(32,33)20-9-8-17-6-4-5-7-19(17)16-20/h4-11,16,18H,3,12-15H2,1-2H3. The van der Waals surface area contributed by atoms with Crippen LogP contribution in [0.25, 0.3) is 10.8 Å². The fourth-order valence-corrected chi connectivity index (χ4v) is 5.36. The Labute approximate surface area is 203 Å². The summed E-state index contributed by atoms with van der Waals surface area (Å²) in [6.45, 7) is 2.77. The Balaban J connectivity index is 1.63. The second-order valence-corrected chi connectivity index (χ2v) is 10.2. The molecule has 1 aliphatic rings. The first-order chi connectivity index (χ1) is 16.7.